The Kier molecular flexibility index (Phi) is 2.83. The highest BCUT2D eigenvalue weighted by Crippen LogP contribution is 2.33. The topological polar surface area (TPSA) is 36.9 Å². The number of hydrogen-bond donors (Lipinski definition) is 0. The molecule has 2 heterocycles. The zero-order valence-electron chi connectivity index (χ0n) is 7.95. The molecule has 4 heteroatoms. The number of hydrogen-bond acceptors (Lipinski definition) is 4. The Labute approximate surface area is 78.1 Å². The van der Waals surface area contributed by atoms with E-state index in [1.54, 1.807) is 7.11 Å². The molecule has 76 valence electrons. The standard InChI is InChI=1S/C9H16O4/c1-10-6-8-7-12-9(13-8)4-2-3-5-11-9/h8H,2-7H2,1H3. The van der Waals surface area contributed by atoms with E-state index in [-0.39, 0.29) is 6.10 Å². The van der Waals surface area contributed by atoms with Crippen LogP contribution in [0.1, 0.15) is 19.3 Å². The average molecular weight is 188 g/mol. The third kappa shape index (κ3) is 2.02. The minimum atomic E-state index is -0.735. The maximum Gasteiger partial charge on any atom is 0.283 e. The van der Waals surface area contributed by atoms with Crippen LogP contribution in [0.25, 0.3) is 0 Å². The van der Waals surface area contributed by atoms with Crippen molar-refractivity contribution in [1.29, 1.82) is 0 Å². The molecule has 0 saturated carbocycles. The molecule has 0 aromatic rings. The highest BCUT2D eigenvalue weighted by Gasteiger charge is 2.43. The average Bonchev–Trinajstić information content (AvgIpc) is 2.51. The van der Waals surface area contributed by atoms with E-state index in [1.807, 2.05) is 0 Å². The first-order chi connectivity index (χ1) is 6.35. The molecule has 4 nitrogen and oxygen atoms in total. The van der Waals surface area contributed by atoms with Crippen molar-refractivity contribution in [3.8, 4) is 0 Å². The van der Waals surface area contributed by atoms with Gasteiger partial charge in [0.2, 0.25) is 0 Å². The molecular weight excluding hydrogens is 172 g/mol. The van der Waals surface area contributed by atoms with Crippen molar-refractivity contribution in [1.82, 2.24) is 0 Å². The van der Waals surface area contributed by atoms with Crippen LogP contribution in [0.15, 0.2) is 0 Å². The summed E-state index contributed by atoms with van der Waals surface area (Å²) in [5.41, 5.74) is 0. The lowest BCUT2D eigenvalue weighted by Gasteiger charge is -2.31. The Morgan fingerprint density at radius 2 is 2.31 bits per heavy atom. The lowest BCUT2D eigenvalue weighted by atomic mass is 10.2. The van der Waals surface area contributed by atoms with E-state index in [1.165, 1.54) is 0 Å². The first-order valence-corrected chi connectivity index (χ1v) is 4.79. The van der Waals surface area contributed by atoms with Crippen LogP contribution in [0, 0.1) is 0 Å². The first-order valence-electron chi connectivity index (χ1n) is 4.79. The second kappa shape index (κ2) is 3.92. The molecule has 0 aliphatic carbocycles. The summed E-state index contributed by atoms with van der Waals surface area (Å²) in [4.78, 5) is 0. The zero-order valence-corrected chi connectivity index (χ0v) is 7.95. The summed E-state index contributed by atoms with van der Waals surface area (Å²) in [6, 6.07) is 0. The Hall–Kier alpha value is -0.160. The van der Waals surface area contributed by atoms with Gasteiger partial charge < -0.3 is 18.9 Å². The van der Waals surface area contributed by atoms with Crippen LogP contribution in [0.5, 0.6) is 0 Å². The van der Waals surface area contributed by atoms with Crippen LogP contribution in [0.2, 0.25) is 0 Å². The van der Waals surface area contributed by atoms with Gasteiger partial charge in [-0.1, -0.05) is 0 Å². The molecule has 2 aliphatic heterocycles. The molecule has 0 radical (unpaired) electrons. The van der Waals surface area contributed by atoms with Crippen molar-refractivity contribution in [3.05, 3.63) is 0 Å². The van der Waals surface area contributed by atoms with Crippen molar-refractivity contribution >= 4 is 0 Å². The molecule has 2 atom stereocenters. The van der Waals surface area contributed by atoms with E-state index in [4.69, 9.17) is 18.9 Å². The normalized spacial score (nSPS) is 39.9. The van der Waals surface area contributed by atoms with Gasteiger partial charge in [-0.3, -0.25) is 0 Å². The summed E-state index contributed by atoms with van der Waals surface area (Å²) in [6.45, 7) is 1.89. The van der Waals surface area contributed by atoms with E-state index in [0.29, 0.717) is 13.2 Å². The molecule has 0 N–H and O–H groups in total. The summed E-state index contributed by atoms with van der Waals surface area (Å²) in [5.74, 6) is -0.735. The predicted octanol–water partition coefficient (Wildman–Crippen LogP) is 0.903. The monoisotopic (exact) mass is 188 g/mol. The van der Waals surface area contributed by atoms with Crippen LogP contribution in [0.4, 0.5) is 0 Å². The van der Waals surface area contributed by atoms with Crippen LogP contribution in [-0.2, 0) is 18.9 Å². The van der Waals surface area contributed by atoms with Crippen LogP contribution in [0.3, 0.4) is 0 Å². The Morgan fingerprint density at radius 3 is 3.00 bits per heavy atom. The summed E-state index contributed by atoms with van der Waals surface area (Å²) < 4.78 is 21.7. The highest BCUT2D eigenvalue weighted by molar-refractivity contribution is 4.73. The van der Waals surface area contributed by atoms with Crippen molar-refractivity contribution in [3.63, 3.8) is 0 Å². The van der Waals surface area contributed by atoms with Gasteiger partial charge in [-0.05, 0) is 12.8 Å². The SMILES string of the molecule is COCC1COC2(CCCCO2)O1. The van der Waals surface area contributed by atoms with Crippen molar-refractivity contribution < 1.29 is 18.9 Å². The van der Waals surface area contributed by atoms with Gasteiger partial charge in [0.15, 0.2) is 0 Å². The third-order valence-corrected chi connectivity index (χ3v) is 2.39. The maximum absolute atomic E-state index is 5.66. The Bertz CT molecular complexity index is 165. The molecular formula is C9H16O4. The van der Waals surface area contributed by atoms with Gasteiger partial charge in [-0.15, -0.1) is 0 Å². The fourth-order valence-corrected chi connectivity index (χ4v) is 1.76. The molecule has 2 rings (SSSR count). The predicted molar refractivity (Wildman–Crippen MR) is 45.2 cm³/mol. The largest absolute Gasteiger partial charge is 0.382 e. The lowest BCUT2D eigenvalue weighted by Crippen LogP contribution is -2.38. The van der Waals surface area contributed by atoms with Crippen LogP contribution >= 0.6 is 0 Å². The number of methoxy groups -OCH3 is 1. The molecule has 2 fully saturated rings. The Morgan fingerprint density at radius 1 is 1.38 bits per heavy atom. The molecule has 2 unspecified atom stereocenters. The molecule has 13 heavy (non-hydrogen) atoms. The molecule has 0 bridgehead atoms. The maximum atomic E-state index is 5.66. The summed E-state index contributed by atoms with van der Waals surface area (Å²) >= 11 is 0. The van der Waals surface area contributed by atoms with E-state index in [9.17, 15) is 0 Å². The molecule has 2 aliphatic rings. The molecule has 0 aromatic carbocycles. The van der Waals surface area contributed by atoms with Crippen LogP contribution < -0.4 is 0 Å². The second-order valence-electron chi connectivity index (χ2n) is 3.49. The highest BCUT2D eigenvalue weighted by atomic mass is 16.9. The quantitative estimate of drug-likeness (QED) is 0.645. The lowest BCUT2D eigenvalue weighted by molar-refractivity contribution is -0.352. The smallest absolute Gasteiger partial charge is 0.283 e. The van der Waals surface area contributed by atoms with Gasteiger partial charge in [0.05, 0.1) is 19.8 Å². The number of rotatable bonds is 2. The fourth-order valence-electron chi connectivity index (χ4n) is 1.76. The third-order valence-electron chi connectivity index (χ3n) is 2.39. The van der Waals surface area contributed by atoms with Crippen molar-refractivity contribution in [2.75, 3.05) is 26.9 Å². The minimum absolute atomic E-state index is 0.0306. The van der Waals surface area contributed by atoms with Crippen LogP contribution in [-0.4, -0.2) is 39.0 Å². The van der Waals surface area contributed by atoms with Gasteiger partial charge in [0.25, 0.3) is 5.97 Å². The molecule has 1 spiro atoms. The first kappa shape index (κ1) is 9.40. The van der Waals surface area contributed by atoms with Crippen molar-refractivity contribution in [2.45, 2.75) is 31.3 Å². The van der Waals surface area contributed by atoms with E-state index in [2.05, 4.69) is 0 Å². The molecule has 0 amide bonds. The zero-order chi connectivity index (χ0) is 9.15. The van der Waals surface area contributed by atoms with Gasteiger partial charge in [0, 0.05) is 13.5 Å². The van der Waals surface area contributed by atoms with Gasteiger partial charge in [-0.25, -0.2) is 0 Å². The van der Waals surface area contributed by atoms with Gasteiger partial charge >= 0.3 is 0 Å². The summed E-state index contributed by atoms with van der Waals surface area (Å²) in [6.07, 6.45) is 3.08. The fraction of sp³-hybridized carbons (Fsp3) is 1.00. The molecule has 2 saturated heterocycles. The summed E-state index contributed by atoms with van der Waals surface area (Å²) in [5, 5.41) is 0. The second-order valence-corrected chi connectivity index (χ2v) is 3.49. The van der Waals surface area contributed by atoms with Gasteiger partial charge in [0.1, 0.15) is 6.10 Å². The Balaban J connectivity index is 1.87. The summed E-state index contributed by atoms with van der Waals surface area (Å²) in [7, 11) is 1.66. The number of ether oxygens (including phenoxy) is 4. The van der Waals surface area contributed by atoms with E-state index in [0.717, 1.165) is 25.9 Å². The minimum Gasteiger partial charge on any atom is -0.382 e. The van der Waals surface area contributed by atoms with Crippen molar-refractivity contribution in [2.24, 2.45) is 0 Å². The van der Waals surface area contributed by atoms with Gasteiger partial charge in [-0.2, -0.15) is 0 Å². The van der Waals surface area contributed by atoms with E-state index >= 15 is 0 Å². The molecule has 0 aromatic heterocycles. The van der Waals surface area contributed by atoms with E-state index < -0.39 is 5.97 Å².